The molecule has 2 heterocycles. The molecule has 1 aliphatic carbocycles. The highest BCUT2D eigenvalue weighted by Gasteiger charge is 2.25. The maximum absolute atomic E-state index is 12.7. The van der Waals surface area contributed by atoms with Crippen LogP contribution in [-0.2, 0) is 22.4 Å². The lowest BCUT2D eigenvalue weighted by Gasteiger charge is -2.10. The van der Waals surface area contributed by atoms with Crippen LogP contribution in [0.25, 0.3) is 22.1 Å². The van der Waals surface area contributed by atoms with Gasteiger partial charge in [-0.25, -0.2) is 9.59 Å². The van der Waals surface area contributed by atoms with Crippen molar-refractivity contribution < 1.29 is 23.5 Å². The van der Waals surface area contributed by atoms with Gasteiger partial charge in [0.05, 0.1) is 7.11 Å². The largest absolute Gasteiger partial charge is 0.484 e. The minimum Gasteiger partial charge on any atom is -0.484 e. The summed E-state index contributed by atoms with van der Waals surface area (Å²) in [4.78, 5) is 38.4. The summed E-state index contributed by atoms with van der Waals surface area (Å²) in [6.45, 7) is 1.62. The third kappa shape index (κ3) is 4.33. The van der Waals surface area contributed by atoms with Crippen molar-refractivity contribution in [2.75, 3.05) is 19.0 Å². The van der Waals surface area contributed by atoms with Crippen LogP contribution in [0.2, 0.25) is 0 Å². The number of anilines is 1. The van der Waals surface area contributed by atoms with E-state index >= 15 is 0 Å². The van der Waals surface area contributed by atoms with Crippen molar-refractivity contribution in [3.63, 3.8) is 0 Å². The number of hydrogen-bond donors (Lipinski definition) is 1. The predicted octanol–water partition coefficient (Wildman–Crippen LogP) is 5.12. The predicted molar refractivity (Wildman–Crippen MR) is 134 cm³/mol. The first-order valence-corrected chi connectivity index (χ1v) is 12.1. The van der Waals surface area contributed by atoms with Gasteiger partial charge in [0.1, 0.15) is 21.9 Å². The molecule has 0 saturated carbocycles. The molecule has 0 unspecified atom stereocenters. The minimum absolute atomic E-state index is 0.279. The molecule has 178 valence electrons. The highest BCUT2D eigenvalue weighted by molar-refractivity contribution is 7.17. The van der Waals surface area contributed by atoms with Gasteiger partial charge in [-0.3, -0.25) is 4.79 Å². The van der Waals surface area contributed by atoms with Crippen molar-refractivity contribution in [2.45, 2.75) is 26.2 Å². The average Bonchev–Trinajstić information content (AvgIpc) is 3.48. The van der Waals surface area contributed by atoms with Gasteiger partial charge in [0.25, 0.3) is 5.91 Å². The molecule has 0 saturated heterocycles. The van der Waals surface area contributed by atoms with Gasteiger partial charge in [0.15, 0.2) is 6.61 Å². The number of hydrogen-bond acceptors (Lipinski definition) is 7. The Morgan fingerprint density at radius 3 is 2.63 bits per heavy atom. The number of rotatable bonds is 6. The highest BCUT2D eigenvalue weighted by atomic mass is 32.1. The van der Waals surface area contributed by atoms with E-state index in [0.717, 1.165) is 51.8 Å². The van der Waals surface area contributed by atoms with E-state index < -0.39 is 11.9 Å². The van der Waals surface area contributed by atoms with E-state index in [4.69, 9.17) is 13.9 Å². The van der Waals surface area contributed by atoms with E-state index in [0.29, 0.717) is 21.9 Å². The number of nitrogens with one attached hydrogen (secondary N) is 1. The number of aryl methyl sites for hydroxylation is 2. The van der Waals surface area contributed by atoms with Crippen LogP contribution in [0.5, 0.6) is 5.75 Å². The number of amides is 1. The molecular formula is C27H23NO6S. The fourth-order valence-electron chi connectivity index (χ4n) is 4.55. The zero-order chi connectivity index (χ0) is 24.5. The molecule has 2 aromatic heterocycles. The van der Waals surface area contributed by atoms with Crippen LogP contribution < -0.4 is 15.7 Å². The number of thiophene rings is 1. The van der Waals surface area contributed by atoms with Gasteiger partial charge in [-0.15, -0.1) is 11.3 Å². The van der Waals surface area contributed by atoms with Crippen molar-refractivity contribution in [1.29, 1.82) is 0 Å². The van der Waals surface area contributed by atoms with Crippen LogP contribution in [0.4, 0.5) is 5.00 Å². The Balaban J connectivity index is 1.35. The van der Waals surface area contributed by atoms with E-state index in [9.17, 15) is 14.4 Å². The van der Waals surface area contributed by atoms with Crippen LogP contribution in [-0.4, -0.2) is 25.6 Å². The Hall–Kier alpha value is -3.91. The van der Waals surface area contributed by atoms with E-state index in [1.807, 2.05) is 43.3 Å². The third-order valence-corrected chi connectivity index (χ3v) is 7.12. The molecule has 0 fully saturated rings. The molecule has 0 spiro atoms. The SMILES string of the molecule is COC(=O)c1c(NC(=O)COc2ccc3c4c(c(=O)oc3c2)CCC4)sc(C)c1-c1ccccc1. The molecule has 5 rings (SSSR count). The highest BCUT2D eigenvalue weighted by Crippen LogP contribution is 2.40. The summed E-state index contributed by atoms with van der Waals surface area (Å²) in [5.41, 5.74) is 3.85. The molecule has 0 radical (unpaired) electrons. The summed E-state index contributed by atoms with van der Waals surface area (Å²) < 4.78 is 16.1. The maximum Gasteiger partial charge on any atom is 0.341 e. The standard InChI is InChI=1S/C27H23NO6S/c1-15-23(16-7-4-3-5-8-16)24(27(31)32-2)25(35-15)28-22(29)14-33-17-11-12-19-18-9-6-10-20(18)26(30)34-21(19)13-17/h3-5,7-8,11-13H,6,9-10,14H2,1-2H3,(H,28,29). The van der Waals surface area contributed by atoms with Crippen LogP contribution >= 0.6 is 11.3 Å². The fourth-order valence-corrected chi connectivity index (χ4v) is 5.63. The van der Waals surface area contributed by atoms with Gasteiger partial charge in [0.2, 0.25) is 0 Å². The first-order chi connectivity index (χ1) is 17.0. The Kier molecular flexibility index (Phi) is 6.13. The molecule has 35 heavy (non-hydrogen) atoms. The van der Waals surface area contributed by atoms with Crippen molar-refractivity contribution >= 4 is 39.2 Å². The number of benzene rings is 2. The number of methoxy groups -OCH3 is 1. The summed E-state index contributed by atoms with van der Waals surface area (Å²) in [6, 6.07) is 14.7. The molecule has 0 aliphatic heterocycles. The third-order valence-electron chi connectivity index (χ3n) is 6.10. The molecule has 1 aliphatic rings. The molecule has 0 bridgehead atoms. The summed E-state index contributed by atoms with van der Waals surface area (Å²) in [5.74, 6) is -0.540. The quantitative estimate of drug-likeness (QED) is 0.298. The fraction of sp³-hybridized carbons (Fsp3) is 0.222. The second kappa shape index (κ2) is 9.38. The Bertz CT molecular complexity index is 1500. The monoisotopic (exact) mass is 489 g/mol. The van der Waals surface area contributed by atoms with Crippen molar-refractivity contribution in [3.05, 3.63) is 80.5 Å². The summed E-state index contributed by atoms with van der Waals surface area (Å²) in [5, 5.41) is 4.09. The Morgan fingerprint density at radius 1 is 1.09 bits per heavy atom. The lowest BCUT2D eigenvalue weighted by atomic mass is 10.0. The van der Waals surface area contributed by atoms with Crippen molar-refractivity contribution in [1.82, 2.24) is 0 Å². The zero-order valence-electron chi connectivity index (χ0n) is 19.3. The van der Waals surface area contributed by atoms with E-state index in [2.05, 4.69) is 5.32 Å². The first kappa shape index (κ1) is 22.9. The average molecular weight is 490 g/mol. The smallest absolute Gasteiger partial charge is 0.341 e. The van der Waals surface area contributed by atoms with Gasteiger partial charge >= 0.3 is 11.6 Å². The van der Waals surface area contributed by atoms with E-state index in [-0.39, 0.29) is 12.2 Å². The summed E-state index contributed by atoms with van der Waals surface area (Å²) in [7, 11) is 1.31. The second-order valence-electron chi connectivity index (χ2n) is 8.29. The number of fused-ring (bicyclic) bond motifs is 3. The molecule has 2 aromatic carbocycles. The normalized spacial score (nSPS) is 12.4. The maximum atomic E-state index is 12.7. The number of carbonyl (C=O) groups is 2. The van der Waals surface area contributed by atoms with Gasteiger partial charge in [-0.1, -0.05) is 30.3 Å². The lowest BCUT2D eigenvalue weighted by molar-refractivity contribution is -0.118. The molecule has 8 heteroatoms. The van der Waals surface area contributed by atoms with Gasteiger partial charge in [-0.05, 0) is 49.4 Å². The van der Waals surface area contributed by atoms with E-state index in [1.165, 1.54) is 18.4 Å². The van der Waals surface area contributed by atoms with Crippen LogP contribution in [0.1, 0.15) is 32.8 Å². The van der Waals surface area contributed by atoms with E-state index in [1.54, 1.807) is 12.1 Å². The summed E-state index contributed by atoms with van der Waals surface area (Å²) >= 11 is 1.31. The molecule has 1 N–H and O–H groups in total. The van der Waals surface area contributed by atoms with Gasteiger partial charge in [-0.2, -0.15) is 0 Å². The molecular weight excluding hydrogens is 466 g/mol. The van der Waals surface area contributed by atoms with Crippen LogP contribution in [0, 0.1) is 6.92 Å². The first-order valence-electron chi connectivity index (χ1n) is 11.2. The molecule has 7 nitrogen and oxygen atoms in total. The minimum atomic E-state index is -0.526. The van der Waals surface area contributed by atoms with Crippen LogP contribution in [0.3, 0.4) is 0 Å². The van der Waals surface area contributed by atoms with Crippen molar-refractivity contribution in [2.24, 2.45) is 0 Å². The second-order valence-corrected chi connectivity index (χ2v) is 9.51. The zero-order valence-corrected chi connectivity index (χ0v) is 20.1. The van der Waals surface area contributed by atoms with Crippen LogP contribution in [0.15, 0.2) is 57.7 Å². The lowest BCUT2D eigenvalue weighted by Crippen LogP contribution is -2.21. The van der Waals surface area contributed by atoms with Gasteiger partial charge < -0.3 is 19.2 Å². The molecule has 0 atom stereocenters. The Morgan fingerprint density at radius 2 is 1.86 bits per heavy atom. The Labute approximate surface area is 205 Å². The topological polar surface area (TPSA) is 94.8 Å². The number of esters is 1. The number of carbonyl (C=O) groups excluding carboxylic acids is 2. The van der Waals surface area contributed by atoms with Crippen molar-refractivity contribution in [3.8, 4) is 16.9 Å². The number of ether oxygens (including phenoxy) is 2. The molecule has 4 aromatic rings. The van der Waals surface area contributed by atoms with Gasteiger partial charge in [0, 0.05) is 27.5 Å². The summed E-state index contributed by atoms with van der Waals surface area (Å²) in [6.07, 6.45) is 2.54. The molecule has 1 amide bonds.